The Morgan fingerprint density at radius 1 is 1.26 bits per heavy atom. The van der Waals surface area contributed by atoms with Crippen LogP contribution in [0.25, 0.3) is 5.57 Å². The zero-order valence-corrected chi connectivity index (χ0v) is 14.3. The van der Waals surface area contributed by atoms with Gasteiger partial charge in [0.05, 0.1) is 17.5 Å². The minimum absolute atomic E-state index is 0.185. The van der Waals surface area contributed by atoms with Gasteiger partial charge in [-0.25, -0.2) is 9.79 Å². The van der Waals surface area contributed by atoms with Gasteiger partial charge in [0.2, 0.25) is 0 Å². The van der Waals surface area contributed by atoms with Crippen molar-refractivity contribution in [3.8, 4) is 0 Å². The van der Waals surface area contributed by atoms with Gasteiger partial charge < -0.3 is 4.74 Å². The van der Waals surface area contributed by atoms with Crippen molar-refractivity contribution in [2.75, 3.05) is 12.2 Å². The van der Waals surface area contributed by atoms with E-state index in [1.807, 2.05) is 48.7 Å². The maximum Gasteiger partial charge on any atom is 0.338 e. The number of benzene rings is 1. The number of pyridine rings is 1. The average Bonchev–Trinajstić information content (AvgIpc) is 2.61. The summed E-state index contributed by atoms with van der Waals surface area (Å²) in [5.74, 6) is -0.240. The van der Waals surface area contributed by atoms with Gasteiger partial charge in [-0.05, 0) is 24.0 Å². The van der Waals surface area contributed by atoms with E-state index < -0.39 is 5.97 Å². The molecule has 0 spiro atoms. The van der Waals surface area contributed by atoms with Crippen LogP contribution in [0.2, 0.25) is 0 Å². The lowest BCUT2D eigenvalue weighted by Crippen LogP contribution is -2.06. The molecule has 0 radical (unpaired) electrons. The Morgan fingerprint density at radius 3 is 2.70 bits per heavy atom. The van der Waals surface area contributed by atoms with Crippen LogP contribution in [-0.4, -0.2) is 27.5 Å². The second-order valence-electron chi connectivity index (χ2n) is 4.33. The zero-order chi connectivity index (χ0) is 16.5. The molecule has 0 unspecified atom stereocenters. The summed E-state index contributed by atoms with van der Waals surface area (Å²) >= 11 is 2.85. The molecular weight excluding hydrogens is 328 g/mol. The second kappa shape index (κ2) is 9.17. The predicted molar refractivity (Wildman–Crippen MR) is 98.9 cm³/mol. The van der Waals surface area contributed by atoms with E-state index >= 15 is 0 Å². The predicted octanol–water partition coefficient (Wildman–Crippen LogP) is 4.38. The average molecular weight is 344 g/mol. The van der Waals surface area contributed by atoms with Gasteiger partial charge in [-0.3, -0.25) is 4.98 Å². The molecule has 4 nitrogen and oxygen atoms in total. The van der Waals surface area contributed by atoms with Crippen molar-refractivity contribution in [3.05, 3.63) is 67.0 Å². The summed E-state index contributed by atoms with van der Waals surface area (Å²) in [6.45, 7) is 3.78. The van der Waals surface area contributed by atoms with Gasteiger partial charge in [-0.1, -0.05) is 48.7 Å². The van der Waals surface area contributed by atoms with E-state index in [1.54, 1.807) is 12.4 Å². The summed E-state index contributed by atoms with van der Waals surface area (Å²) in [4.78, 5) is 20.4. The van der Waals surface area contributed by atoms with Gasteiger partial charge in [-0.15, -0.1) is 11.8 Å². The van der Waals surface area contributed by atoms with E-state index in [0.717, 1.165) is 15.6 Å². The fraction of sp³-hybridized carbons (Fsp3) is 0.118. The van der Waals surface area contributed by atoms with E-state index in [2.05, 4.69) is 16.6 Å². The minimum Gasteiger partial charge on any atom is -0.451 e. The van der Waals surface area contributed by atoms with E-state index in [-0.39, 0.29) is 5.94 Å². The highest BCUT2D eigenvalue weighted by Gasteiger charge is 2.11. The fourth-order valence-electron chi connectivity index (χ4n) is 1.64. The molecule has 0 bridgehead atoms. The third kappa shape index (κ3) is 5.58. The van der Waals surface area contributed by atoms with E-state index in [0.29, 0.717) is 5.57 Å². The summed E-state index contributed by atoms with van der Waals surface area (Å²) < 4.78 is 6.04. The van der Waals surface area contributed by atoms with Crippen LogP contribution in [0.5, 0.6) is 0 Å². The highest BCUT2D eigenvalue weighted by molar-refractivity contribution is 8.38. The molecule has 118 valence electrons. The quantitative estimate of drug-likeness (QED) is 0.265. The highest BCUT2D eigenvalue weighted by Crippen LogP contribution is 2.21. The molecule has 0 N–H and O–H groups in total. The summed E-state index contributed by atoms with van der Waals surface area (Å²) in [6, 6.07) is 12.9. The molecule has 0 saturated carbocycles. The molecule has 23 heavy (non-hydrogen) atoms. The molecule has 0 aliphatic carbocycles. The lowest BCUT2D eigenvalue weighted by molar-refractivity contribution is -0.134. The molecule has 0 fully saturated rings. The Morgan fingerprint density at radius 2 is 2.04 bits per heavy atom. The molecule has 0 amide bonds. The largest absolute Gasteiger partial charge is 0.451 e. The first kappa shape index (κ1) is 17.3. The Balaban J connectivity index is 1.87. The summed E-state index contributed by atoms with van der Waals surface area (Å²) in [7, 11) is 0. The van der Waals surface area contributed by atoms with Crippen LogP contribution < -0.4 is 0 Å². The number of aliphatic imine (C=N–C) groups is 1. The Bertz CT molecular complexity index is 688. The van der Waals surface area contributed by atoms with Gasteiger partial charge in [0.15, 0.2) is 0 Å². The van der Waals surface area contributed by atoms with Gasteiger partial charge in [0.1, 0.15) is 10.3 Å². The molecule has 0 saturated heterocycles. The van der Waals surface area contributed by atoms with Crippen LogP contribution in [0.3, 0.4) is 0 Å². The van der Waals surface area contributed by atoms with Crippen LogP contribution in [-0.2, 0) is 9.53 Å². The van der Waals surface area contributed by atoms with Gasteiger partial charge in [0, 0.05) is 6.20 Å². The van der Waals surface area contributed by atoms with Crippen molar-refractivity contribution >= 4 is 45.1 Å². The summed E-state index contributed by atoms with van der Waals surface area (Å²) in [5, 5.41) is 0. The molecule has 0 aliphatic rings. The van der Waals surface area contributed by atoms with E-state index in [4.69, 9.17) is 4.74 Å². The first-order valence-corrected chi connectivity index (χ1v) is 8.98. The topological polar surface area (TPSA) is 51.5 Å². The van der Waals surface area contributed by atoms with Crippen molar-refractivity contribution < 1.29 is 9.53 Å². The van der Waals surface area contributed by atoms with Gasteiger partial charge >= 0.3 is 5.97 Å². The Hall–Kier alpha value is -2.05. The molecular formula is C17H16N2O2S2. The first-order valence-electron chi connectivity index (χ1n) is 6.77. The van der Waals surface area contributed by atoms with Crippen molar-refractivity contribution in [1.29, 1.82) is 0 Å². The molecule has 1 heterocycles. The standard InChI is InChI=1S/C17H16N2O2S2/c1-13(14-7-4-3-5-8-14)16(20)21-12-23-17(22-2)19-15-9-6-10-18-11-15/h3-11H,1,12H2,2H3. The smallest absolute Gasteiger partial charge is 0.338 e. The molecule has 1 aromatic heterocycles. The SMILES string of the molecule is C=C(C(=O)OCSC(=Nc1cccnc1)SC)c1ccccc1. The lowest BCUT2D eigenvalue weighted by Gasteiger charge is -2.07. The van der Waals surface area contributed by atoms with Crippen LogP contribution in [0.1, 0.15) is 5.56 Å². The monoisotopic (exact) mass is 344 g/mol. The van der Waals surface area contributed by atoms with Crippen LogP contribution in [0.15, 0.2) is 66.4 Å². The second-order valence-corrected chi connectivity index (χ2v) is 6.30. The summed E-state index contributed by atoms with van der Waals surface area (Å²) in [5.41, 5.74) is 1.88. The maximum atomic E-state index is 12.0. The van der Waals surface area contributed by atoms with Gasteiger partial charge in [0.25, 0.3) is 0 Å². The molecule has 2 aromatic rings. The number of aromatic nitrogens is 1. The number of carbonyl (C=O) groups is 1. The number of ether oxygens (including phenoxy) is 1. The third-order valence-corrected chi connectivity index (χ3v) is 4.65. The lowest BCUT2D eigenvalue weighted by atomic mass is 10.1. The number of carbonyl (C=O) groups excluding carboxylic acids is 1. The molecule has 0 aliphatic heterocycles. The Labute approximate surface area is 144 Å². The maximum absolute atomic E-state index is 12.0. The third-order valence-electron chi connectivity index (χ3n) is 2.78. The van der Waals surface area contributed by atoms with Crippen LogP contribution >= 0.6 is 23.5 Å². The van der Waals surface area contributed by atoms with Crippen LogP contribution in [0.4, 0.5) is 5.69 Å². The minimum atomic E-state index is -0.425. The summed E-state index contributed by atoms with van der Waals surface area (Å²) in [6.07, 6.45) is 5.30. The zero-order valence-electron chi connectivity index (χ0n) is 12.6. The van der Waals surface area contributed by atoms with Crippen molar-refractivity contribution in [3.63, 3.8) is 0 Å². The van der Waals surface area contributed by atoms with E-state index in [9.17, 15) is 4.79 Å². The molecule has 6 heteroatoms. The van der Waals surface area contributed by atoms with Gasteiger partial charge in [-0.2, -0.15) is 0 Å². The van der Waals surface area contributed by atoms with Crippen LogP contribution in [0, 0.1) is 0 Å². The molecule has 1 aromatic carbocycles. The normalized spacial score (nSPS) is 11.1. The van der Waals surface area contributed by atoms with Crippen molar-refractivity contribution in [2.45, 2.75) is 0 Å². The number of rotatable bonds is 5. The number of hydrogen-bond donors (Lipinski definition) is 0. The highest BCUT2D eigenvalue weighted by atomic mass is 32.2. The number of hydrogen-bond acceptors (Lipinski definition) is 6. The first-order chi connectivity index (χ1) is 11.2. The van der Waals surface area contributed by atoms with Crippen molar-refractivity contribution in [2.24, 2.45) is 4.99 Å². The van der Waals surface area contributed by atoms with E-state index in [1.165, 1.54) is 23.5 Å². The Kier molecular flexibility index (Phi) is 6.90. The number of esters is 1. The molecule has 0 atom stereocenters. The fourth-order valence-corrected chi connectivity index (χ4v) is 2.89. The van der Waals surface area contributed by atoms with Crippen molar-refractivity contribution in [1.82, 2.24) is 4.98 Å². The number of nitrogens with zero attached hydrogens (tertiary/aromatic N) is 2. The number of thioether (sulfide) groups is 2. The molecule has 2 rings (SSSR count).